The molecule has 0 aromatic heterocycles. The summed E-state index contributed by atoms with van der Waals surface area (Å²) in [5.74, 6) is -0.661. The van der Waals surface area contributed by atoms with Crippen molar-refractivity contribution >= 4 is 37.8 Å². The largest absolute Gasteiger partial charge is 0.506 e. The lowest BCUT2D eigenvalue weighted by molar-refractivity contribution is -0.142. The molecule has 6 heteroatoms. The zero-order chi connectivity index (χ0) is 11.6. The van der Waals surface area contributed by atoms with Gasteiger partial charge in [-0.15, -0.1) is 0 Å². The summed E-state index contributed by atoms with van der Waals surface area (Å²) in [5.41, 5.74) is 5.92. The monoisotopic (exact) mass is 337 g/mol. The number of ether oxygens (including phenoxy) is 1. The summed E-state index contributed by atoms with van der Waals surface area (Å²) in [6.07, 6.45) is 0. The van der Waals surface area contributed by atoms with Crippen LogP contribution < -0.4 is 5.73 Å². The summed E-state index contributed by atoms with van der Waals surface area (Å²) < 4.78 is 5.67. The van der Waals surface area contributed by atoms with Crippen LogP contribution in [-0.4, -0.2) is 18.2 Å². The van der Waals surface area contributed by atoms with Crippen LogP contribution in [0.3, 0.4) is 0 Å². The Bertz CT molecular complexity index is 395. The third kappa shape index (κ3) is 2.70. The van der Waals surface area contributed by atoms with Crippen LogP contribution in [0.25, 0.3) is 0 Å². The highest BCUT2D eigenvalue weighted by Crippen LogP contribution is 2.34. The maximum atomic E-state index is 11.2. The molecule has 0 spiro atoms. The van der Waals surface area contributed by atoms with E-state index >= 15 is 0 Å². The van der Waals surface area contributed by atoms with E-state index in [0.717, 1.165) is 0 Å². The average molecular weight is 339 g/mol. The van der Waals surface area contributed by atoms with Crippen molar-refractivity contribution in [2.24, 2.45) is 5.73 Å². The first-order valence-electron chi connectivity index (χ1n) is 3.98. The molecular formula is C9H9Br2NO3. The number of halogens is 2. The van der Waals surface area contributed by atoms with Crippen LogP contribution in [0.1, 0.15) is 11.6 Å². The van der Waals surface area contributed by atoms with Gasteiger partial charge in [-0.3, -0.25) is 4.79 Å². The first kappa shape index (κ1) is 12.5. The number of hydrogen-bond acceptors (Lipinski definition) is 4. The van der Waals surface area contributed by atoms with Crippen LogP contribution in [0.4, 0.5) is 0 Å². The van der Waals surface area contributed by atoms with Crippen LogP contribution >= 0.6 is 31.9 Å². The summed E-state index contributed by atoms with van der Waals surface area (Å²) in [4.78, 5) is 11.2. The van der Waals surface area contributed by atoms with Gasteiger partial charge in [0.2, 0.25) is 0 Å². The van der Waals surface area contributed by atoms with E-state index in [4.69, 9.17) is 5.73 Å². The molecule has 0 radical (unpaired) electrons. The highest BCUT2D eigenvalue weighted by Gasteiger charge is 2.21. The van der Waals surface area contributed by atoms with Crippen molar-refractivity contribution in [3.05, 3.63) is 26.6 Å². The molecule has 0 aliphatic carbocycles. The molecule has 15 heavy (non-hydrogen) atoms. The number of carbonyl (C=O) groups is 1. The third-order valence-corrected chi connectivity index (χ3v) is 2.91. The van der Waals surface area contributed by atoms with E-state index < -0.39 is 12.0 Å². The number of hydrogen-bond donors (Lipinski definition) is 2. The molecule has 0 saturated heterocycles. The quantitative estimate of drug-likeness (QED) is 0.810. The predicted molar refractivity (Wildman–Crippen MR) is 62.5 cm³/mol. The Morgan fingerprint density at radius 3 is 2.67 bits per heavy atom. The second kappa shape index (κ2) is 4.96. The number of aromatic hydroxyl groups is 1. The van der Waals surface area contributed by atoms with Crippen LogP contribution in [0.2, 0.25) is 0 Å². The Morgan fingerprint density at radius 2 is 2.13 bits per heavy atom. The van der Waals surface area contributed by atoms with Crippen molar-refractivity contribution in [2.45, 2.75) is 6.04 Å². The van der Waals surface area contributed by atoms with Gasteiger partial charge in [-0.25, -0.2) is 0 Å². The average Bonchev–Trinajstić information content (AvgIpc) is 2.21. The molecule has 0 saturated carbocycles. The Labute approximate surface area is 104 Å². The molecule has 0 heterocycles. The number of phenols is 1. The number of esters is 1. The Balaban J connectivity index is 3.19. The predicted octanol–water partition coefficient (Wildman–Crippen LogP) is 2.09. The topological polar surface area (TPSA) is 72.5 Å². The fraction of sp³-hybridized carbons (Fsp3) is 0.222. The van der Waals surface area contributed by atoms with E-state index in [2.05, 4.69) is 36.6 Å². The molecular weight excluding hydrogens is 330 g/mol. The molecule has 3 N–H and O–H groups in total. The minimum Gasteiger partial charge on any atom is -0.506 e. The van der Waals surface area contributed by atoms with Gasteiger partial charge < -0.3 is 15.6 Å². The number of benzene rings is 1. The van der Waals surface area contributed by atoms with Crippen molar-refractivity contribution < 1.29 is 14.6 Å². The summed E-state index contributed by atoms with van der Waals surface area (Å²) in [5, 5.41) is 9.68. The molecule has 82 valence electrons. The van der Waals surface area contributed by atoms with Crippen molar-refractivity contribution in [3.63, 3.8) is 0 Å². The lowest BCUT2D eigenvalue weighted by Crippen LogP contribution is -2.22. The van der Waals surface area contributed by atoms with Crippen molar-refractivity contribution in [2.75, 3.05) is 7.11 Å². The maximum absolute atomic E-state index is 11.2. The molecule has 0 aliphatic heterocycles. The molecule has 0 fully saturated rings. The Kier molecular flexibility index (Phi) is 4.12. The number of carbonyl (C=O) groups excluding carboxylic acids is 1. The molecule has 0 amide bonds. The van der Waals surface area contributed by atoms with E-state index in [-0.39, 0.29) is 5.75 Å². The van der Waals surface area contributed by atoms with Crippen molar-refractivity contribution in [1.29, 1.82) is 0 Å². The number of methoxy groups -OCH3 is 1. The molecule has 0 aliphatic rings. The highest BCUT2D eigenvalue weighted by molar-refractivity contribution is 9.11. The third-order valence-electron chi connectivity index (χ3n) is 1.85. The van der Waals surface area contributed by atoms with Gasteiger partial charge >= 0.3 is 5.97 Å². The van der Waals surface area contributed by atoms with Crippen LogP contribution in [0.15, 0.2) is 21.1 Å². The lowest BCUT2D eigenvalue weighted by Gasteiger charge is -2.12. The van der Waals surface area contributed by atoms with E-state index in [9.17, 15) is 9.90 Å². The molecule has 1 atom stereocenters. The molecule has 0 unspecified atom stereocenters. The van der Waals surface area contributed by atoms with Gasteiger partial charge in [0, 0.05) is 10.0 Å². The van der Waals surface area contributed by atoms with Gasteiger partial charge in [-0.1, -0.05) is 15.9 Å². The van der Waals surface area contributed by atoms with Gasteiger partial charge in [0.25, 0.3) is 0 Å². The molecule has 0 bridgehead atoms. The zero-order valence-corrected chi connectivity index (χ0v) is 11.0. The Hall–Kier alpha value is -0.590. The van der Waals surface area contributed by atoms with Crippen molar-refractivity contribution in [3.8, 4) is 5.75 Å². The number of nitrogens with two attached hydrogens (primary N) is 1. The number of rotatable bonds is 2. The standard InChI is InChI=1S/C9H9Br2NO3/c1-15-9(14)7(12)5-2-4(10)3-6(11)8(5)13/h2-3,7,13H,12H2,1H3/t7-/m1/s1. The fourth-order valence-corrected chi connectivity index (χ4v) is 2.34. The minimum atomic E-state index is -0.996. The number of phenolic OH excluding ortho intramolecular Hbond substituents is 1. The summed E-state index contributed by atoms with van der Waals surface area (Å²) in [6.45, 7) is 0. The summed E-state index contributed by atoms with van der Waals surface area (Å²) in [6, 6.07) is 2.23. The normalized spacial score (nSPS) is 12.3. The molecule has 1 aromatic rings. The van der Waals surface area contributed by atoms with Crippen LogP contribution in [0.5, 0.6) is 5.75 Å². The Morgan fingerprint density at radius 1 is 1.53 bits per heavy atom. The van der Waals surface area contributed by atoms with Crippen molar-refractivity contribution in [1.82, 2.24) is 0 Å². The lowest BCUT2D eigenvalue weighted by atomic mass is 10.1. The van der Waals surface area contributed by atoms with Gasteiger partial charge in [-0.05, 0) is 28.1 Å². The maximum Gasteiger partial charge on any atom is 0.327 e. The summed E-state index contributed by atoms with van der Waals surface area (Å²) >= 11 is 6.39. The smallest absolute Gasteiger partial charge is 0.327 e. The highest BCUT2D eigenvalue weighted by atomic mass is 79.9. The van der Waals surface area contributed by atoms with Crippen LogP contribution in [0, 0.1) is 0 Å². The van der Waals surface area contributed by atoms with E-state index in [1.54, 1.807) is 12.1 Å². The summed E-state index contributed by atoms with van der Waals surface area (Å²) in [7, 11) is 1.24. The van der Waals surface area contributed by atoms with Gasteiger partial charge in [-0.2, -0.15) is 0 Å². The zero-order valence-electron chi connectivity index (χ0n) is 7.83. The van der Waals surface area contributed by atoms with Crippen LogP contribution in [-0.2, 0) is 9.53 Å². The van der Waals surface area contributed by atoms with Gasteiger partial charge in [0.15, 0.2) is 0 Å². The molecule has 4 nitrogen and oxygen atoms in total. The minimum absolute atomic E-state index is 0.0592. The molecule has 1 aromatic carbocycles. The van der Waals surface area contributed by atoms with E-state index in [1.807, 2.05) is 0 Å². The van der Waals surface area contributed by atoms with E-state index in [0.29, 0.717) is 14.5 Å². The first-order valence-corrected chi connectivity index (χ1v) is 5.57. The van der Waals surface area contributed by atoms with Gasteiger partial charge in [0.05, 0.1) is 11.6 Å². The second-order valence-corrected chi connectivity index (χ2v) is 4.60. The molecule has 1 rings (SSSR count). The SMILES string of the molecule is COC(=O)[C@H](N)c1cc(Br)cc(Br)c1O. The fourth-order valence-electron chi connectivity index (χ4n) is 1.08. The second-order valence-electron chi connectivity index (χ2n) is 2.83. The van der Waals surface area contributed by atoms with E-state index in [1.165, 1.54) is 7.11 Å². The van der Waals surface area contributed by atoms with Gasteiger partial charge in [0.1, 0.15) is 11.8 Å². The first-order chi connectivity index (χ1) is 6.97.